The molecule has 0 aromatic rings. The highest BCUT2D eigenvalue weighted by atomic mass is 16.4. The monoisotopic (exact) mass is 471 g/mol. The molecule has 186 valence electrons. The largest absolute Gasteiger partial charge is 0.481 e. The summed E-state index contributed by atoms with van der Waals surface area (Å²) in [5.41, 5.74) is 12.2. The molecule has 0 saturated carbocycles. The SMILES string of the molecule is N=C(N)NCCCC(N)C(=O)O.NC(CO)C(=O)O.O=C(O)CC(O)(CC(=O)O)C(=O)O. The van der Waals surface area contributed by atoms with Gasteiger partial charge in [0.1, 0.15) is 12.1 Å². The van der Waals surface area contributed by atoms with Crippen molar-refractivity contribution in [3.05, 3.63) is 0 Å². The van der Waals surface area contributed by atoms with Gasteiger partial charge in [0.15, 0.2) is 11.6 Å². The summed E-state index contributed by atoms with van der Waals surface area (Å²) < 4.78 is 0. The number of carboxylic acids is 5. The fourth-order valence-corrected chi connectivity index (χ4v) is 1.46. The van der Waals surface area contributed by atoms with Crippen LogP contribution in [0.3, 0.4) is 0 Å². The first-order valence-corrected chi connectivity index (χ1v) is 8.55. The topological polar surface area (TPSA) is 341 Å². The van der Waals surface area contributed by atoms with Crippen LogP contribution in [0.4, 0.5) is 0 Å². The van der Waals surface area contributed by atoms with E-state index in [-0.39, 0.29) is 5.96 Å². The third-order valence-corrected chi connectivity index (χ3v) is 3.12. The van der Waals surface area contributed by atoms with Gasteiger partial charge < -0.3 is 58.3 Å². The molecule has 0 aromatic carbocycles. The maximum absolute atomic E-state index is 10.3. The Bertz CT molecular complexity index is 641. The van der Waals surface area contributed by atoms with Gasteiger partial charge in [-0.3, -0.25) is 24.6 Å². The molecule has 0 aliphatic rings. The molecule has 0 bridgehead atoms. The van der Waals surface area contributed by atoms with Gasteiger partial charge in [0.2, 0.25) is 0 Å². The maximum Gasteiger partial charge on any atom is 0.336 e. The van der Waals surface area contributed by atoms with Crippen LogP contribution in [0, 0.1) is 5.41 Å². The van der Waals surface area contributed by atoms with Crippen LogP contribution in [0.2, 0.25) is 0 Å². The first-order chi connectivity index (χ1) is 14.5. The molecule has 0 aromatic heterocycles. The number of carbonyl (C=O) groups is 5. The zero-order chi connectivity index (χ0) is 26.1. The minimum absolute atomic E-state index is 0.112. The zero-order valence-corrected chi connectivity index (χ0v) is 16.8. The van der Waals surface area contributed by atoms with Crippen molar-refractivity contribution in [2.24, 2.45) is 17.2 Å². The second-order valence-corrected chi connectivity index (χ2v) is 6.03. The highest BCUT2D eigenvalue weighted by Gasteiger charge is 2.40. The molecule has 0 saturated heterocycles. The lowest BCUT2D eigenvalue weighted by Gasteiger charge is -2.18. The minimum atomic E-state index is -2.74. The average Bonchev–Trinajstić information content (AvgIpc) is 2.63. The van der Waals surface area contributed by atoms with Crippen LogP contribution in [0.1, 0.15) is 25.7 Å². The molecule has 0 amide bonds. The van der Waals surface area contributed by atoms with E-state index in [1.807, 2.05) is 0 Å². The zero-order valence-electron chi connectivity index (χ0n) is 16.8. The molecular formula is C15H29N5O12. The average molecular weight is 471 g/mol. The molecule has 17 heteroatoms. The van der Waals surface area contributed by atoms with Crippen LogP contribution in [-0.2, 0) is 24.0 Å². The molecule has 32 heavy (non-hydrogen) atoms. The molecule has 0 radical (unpaired) electrons. The van der Waals surface area contributed by atoms with Crippen LogP contribution in [-0.4, -0.2) is 102 Å². The molecule has 0 spiro atoms. The third kappa shape index (κ3) is 19.8. The van der Waals surface area contributed by atoms with Crippen molar-refractivity contribution in [1.29, 1.82) is 5.41 Å². The molecule has 0 fully saturated rings. The lowest BCUT2D eigenvalue weighted by atomic mass is 9.96. The Balaban J connectivity index is -0.000000412. The molecule has 0 aliphatic carbocycles. The summed E-state index contributed by atoms with van der Waals surface area (Å²) in [5.74, 6) is -7.31. The number of hydrogen-bond acceptors (Lipinski definition) is 10. The van der Waals surface area contributed by atoms with E-state index in [1.165, 1.54) is 0 Å². The first kappa shape index (κ1) is 33.1. The molecule has 17 nitrogen and oxygen atoms in total. The van der Waals surface area contributed by atoms with Crippen LogP contribution >= 0.6 is 0 Å². The first-order valence-electron chi connectivity index (χ1n) is 8.55. The van der Waals surface area contributed by atoms with E-state index >= 15 is 0 Å². The van der Waals surface area contributed by atoms with Gasteiger partial charge in [0, 0.05) is 6.54 Å². The Kier molecular flexibility index (Phi) is 17.8. The number of aliphatic hydroxyl groups excluding tert-OH is 1. The molecule has 2 unspecified atom stereocenters. The lowest BCUT2D eigenvalue weighted by molar-refractivity contribution is -0.170. The van der Waals surface area contributed by atoms with Gasteiger partial charge in [-0.25, -0.2) is 4.79 Å². The van der Waals surface area contributed by atoms with Crippen molar-refractivity contribution in [1.82, 2.24) is 5.32 Å². The van der Waals surface area contributed by atoms with Gasteiger partial charge in [-0.2, -0.15) is 0 Å². The normalized spacial score (nSPS) is 11.9. The van der Waals surface area contributed by atoms with Crippen molar-refractivity contribution in [3.63, 3.8) is 0 Å². The summed E-state index contributed by atoms with van der Waals surface area (Å²) in [6.07, 6.45) is -1.31. The quantitative estimate of drug-likeness (QED) is 0.0728. The van der Waals surface area contributed by atoms with Gasteiger partial charge in [-0.15, -0.1) is 0 Å². The van der Waals surface area contributed by atoms with Crippen molar-refractivity contribution < 1.29 is 59.7 Å². The second kappa shape index (κ2) is 17.2. The summed E-state index contributed by atoms with van der Waals surface area (Å²) in [6.45, 7) is -0.0222. The van der Waals surface area contributed by atoms with Crippen LogP contribution < -0.4 is 22.5 Å². The summed E-state index contributed by atoms with van der Waals surface area (Å²) in [4.78, 5) is 50.3. The number of hydrogen-bond donors (Lipinski definition) is 12. The maximum atomic E-state index is 10.3. The number of nitrogens with one attached hydrogen (secondary N) is 2. The van der Waals surface area contributed by atoms with E-state index in [0.717, 1.165) is 0 Å². The number of nitrogens with two attached hydrogens (primary N) is 3. The van der Waals surface area contributed by atoms with Crippen molar-refractivity contribution in [2.45, 2.75) is 43.4 Å². The molecular weight excluding hydrogens is 442 g/mol. The van der Waals surface area contributed by atoms with Crippen LogP contribution in [0.15, 0.2) is 0 Å². The summed E-state index contributed by atoms with van der Waals surface area (Å²) in [7, 11) is 0. The Labute approximate surface area is 180 Å². The second-order valence-electron chi connectivity index (χ2n) is 6.03. The highest BCUT2D eigenvalue weighted by Crippen LogP contribution is 2.15. The predicted octanol–water partition coefficient (Wildman–Crippen LogP) is -4.20. The highest BCUT2D eigenvalue weighted by molar-refractivity contribution is 5.88. The van der Waals surface area contributed by atoms with Gasteiger partial charge in [-0.1, -0.05) is 0 Å². The van der Waals surface area contributed by atoms with Crippen molar-refractivity contribution >= 4 is 35.8 Å². The standard InChI is InChI=1S/C6H14N4O2.C6H8O7.C3H7NO3/c7-4(5(11)12)2-1-3-10-6(8)9;7-3(8)1-6(13,5(11)12)2-4(9)10;4-2(1-5)3(6)7/h4H,1-3,7H2,(H,11,12)(H4,8,9,10);13H,1-2H2,(H,7,8)(H,9,10)(H,11,12);2,5H,1,4H2,(H,6,7). The number of aliphatic carboxylic acids is 5. The third-order valence-electron chi connectivity index (χ3n) is 3.12. The van der Waals surface area contributed by atoms with E-state index in [0.29, 0.717) is 19.4 Å². The van der Waals surface area contributed by atoms with E-state index in [9.17, 15) is 24.0 Å². The van der Waals surface area contributed by atoms with E-state index in [2.05, 4.69) is 5.32 Å². The van der Waals surface area contributed by atoms with Gasteiger partial charge in [0.05, 0.1) is 19.4 Å². The summed E-state index contributed by atoms with van der Waals surface area (Å²) >= 11 is 0. The van der Waals surface area contributed by atoms with Gasteiger partial charge in [-0.05, 0) is 12.8 Å². The Morgan fingerprint density at radius 1 is 0.875 bits per heavy atom. The molecule has 0 heterocycles. The molecule has 0 aliphatic heterocycles. The number of aliphatic hydroxyl groups is 2. The summed E-state index contributed by atoms with van der Waals surface area (Å²) in [5, 5.41) is 67.4. The fraction of sp³-hybridized carbons (Fsp3) is 0.600. The number of carboxylic acid groups (broad SMARTS) is 5. The van der Waals surface area contributed by atoms with E-state index < -0.39 is 67.0 Å². The number of guanidine groups is 1. The van der Waals surface area contributed by atoms with Crippen LogP contribution in [0.5, 0.6) is 0 Å². The number of rotatable bonds is 12. The Morgan fingerprint density at radius 2 is 1.28 bits per heavy atom. The van der Waals surface area contributed by atoms with E-state index in [4.69, 9.17) is 58.4 Å². The van der Waals surface area contributed by atoms with Crippen molar-refractivity contribution in [2.75, 3.05) is 13.2 Å². The fourth-order valence-electron chi connectivity index (χ4n) is 1.46. The van der Waals surface area contributed by atoms with Crippen molar-refractivity contribution in [3.8, 4) is 0 Å². The molecule has 15 N–H and O–H groups in total. The summed E-state index contributed by atoms with van der Waals surface area (Å²) in [6, 6.07) is -1.95. The molecule has 2 atom stereocenters. The Morgan fingerprint density at radius 3 is 1.50 bits per heavy atom. The Hall–Kier alpha value is -3.54. The minimum Gasteiger partial charge on any atom is -0.481 e. The molecule has 0 rings (SSSR count). The van der Waals surface area contributed by atoms with E-state index in [1.54, 1.807) is 0 Å². The lowest BCUT2D eigenvalue weighted by Crippen LogP contribution is -2.42. The smallest absolute Gasteiger partial charge is 0.336 e. The van der Waals surface area contributed by atoms with Gasteiger partial charge >= 0.3 is 29.8 Å². The van der Waals surface area contributed by atoms with Crippen LogP contribution in [0.25, 0.3) is 0 Å². The van der Waals surface area contributed by atoms with Gasteiger partial charge in [0.25, 0.3) is 0 Å². The predicted molar refractivity (Wildman–Crippen MR) is 105 cm³/mol.